The molecule has 5 heteroatoms. The number of methoxy groups -OCH3 is 1. The van der Waals surface area contributed by atoms with Crippen LogP contribution in [0.3, 0.4) is 0 Å². The summed E-state index contributed by atoms with van der Waals surface area (Å²) < 4.78 is 10.2. The van der Waals surface area contributed by atoms with Crippen molar-refractivity contribution in [3.8, 4) is 0 Å². The van der Waals surface area contributed by atoms with Gasteiger partial charge in [0, 0.05) is 18.1 Å². The SMILES string of the molecule is COC(=O)C1COCCN1Cc1ccc(C)cc1Cl. The molecule has 104 valence electrons. The fourth-order valence-electron chi connectivity index (χ4n) is 2.18. The van der Waals surface area contributed by atoms with E-state index in [0.717, 1.165) is 16.1 Å². The van der Waals surface area contributed by atoms with Gasteiger partial charge in [0.25, 0.3) is 0 Å². The first-order chi connectivity index (χ1) is 9.11. The molecule has 0 aliphatic carbocycles. The Balaban J connectivity index is 2.13. The Labute approximate surface area is 118 Å². The van der Waals surface area contributed by atoms with Crippen molar-refractivity contribution in [3.63, 3.8) is 0 Å². The van der Waals surface area contributed by atoms with E-state index in [-0.39, 0.29) is 12.0 Å². The highest BCUT2D eigenvalue weighted by Crippen LogP contribution is 2.21. The second-order valence-corrected chi connectivity index (χ2v) is 5.09. The van der Waals surface area contributed by atoms with Gasteiger partial charge in [0.15, 0.2) is 0 Å². The van der Waals surface area contributed by atoms with E-state index in [9.17, 15) is 4.79 Å². The molecule has 0 aromatic heterocycles. The van der Waals surface area contributed by atoms with Gasteiger partial charge in [0.2, 0.25) is 0 Å². The number of ether oxygens (including phenoxy) is 2. The van der Waals surface area contributed by atoms with E-state index in [1.165, 1.54) is 7.11 Å². The predicted molar refractivity (Wildman–Crippen MR) is 73.2 cm³/mol. The average Bonchev–Trinajstić information content (AvgIpc) is 2.41. The van der Waals surface area contributed by atoms with Gasteiger partial charge in [-0.1, -0.05) is 23.7 Å². The highest BCUT2D eigenvalue weighted by atomic mass is 35.5. The molecule has 0 N–H and O–H groups in total. The quantitative estimate of drug-likeness (QED) is 0.796. The number of morpholine rings is 1. The normalized spacial score (nSPS) is 20.3. The van der Waals surface area contributed by atoms with Crippen LogP contribution in [-0.4, -0.2) is 43.8 Å². The van der Waals surface area contributed by atoms with Crippen molar-refractivity contribution < 1.29 is 14.3 Å². The van der Waals surface area contributed by atoms with E-state index in [1.54, 1.807) is 0 Å². The van der Waals surface area contributed by atoms with Gasteiger partial charge in [-0.25, -0.2) is 0 Å². The summed E-state index contributed by atoms with van der Waals surface area (Å²) in [5.41, 5.74) is 2.14. The van der Waals surface area contributed by atoms with Crippen molar-refractivity contribution in [2.24, 2.45) is 0 Å². The van der Waals surface area contributed by atoms with Crippen LogP contribution in [0.4, 0.5) is 0 Å². The molecular formula is C14H18ClNO3. The molecule has 1 fully saturated rings. The zero-order valence-corrected chi connectivity index (χ0v) is 11.9. The van der Waals surface area contributed by atoms with Gasteiger partial charge >= 0.3 is 5.97 Å². The van der Waals surface area contributed by atoms with E-state index < -0.39 is 0 Å². The molecule has 0 saturated carbocycles. The lowest BCUT2D eigenvalue weighted by Gasteiger charge is -2.33. The molecule has 0 spiro atoms. The van der Waals surface area contributed by atoms with Crippen LogP contribution in [0.2, 0.25) is 5.02 Å². The third-order valence-electron chi connectivity index (χ3n) is 3.29. The maximum Gasteiger partial charge on any atom is 0.325 e. The molecule has 1 aromatic carbocycles. The molecule has 0 bridgehead atoms. The number of carbonyl (C=O) groups is 1. The van der Waals surface area contributed by atoms with E-state index in [0.29, 0.717) is 26.3 Å². The smallest absolute Gasteiger partial charge is 0.325 e. The van der Waals surface area contributed by atoms with E-state index in [1.807, 2.05) is 30.0 Å². The van der Waals surface area contributed by atoms with Crippen molar-refractivity contribution in [2.75, 3.05) is 26.9 Å². The van der Waals surface area contributed by atoms with Gasteiger partial charge in [-0.3, -0.25) is 9.69 Å². The maximum atomic E-state index is 11.7. The third-order valence-corrected chi connectivity index (χ3v) is 3.65. The fraction of sp³-hybridized carbons (Fsp3) is 0.500. The molecular weight excluding hydrogens is 266 g/mol. The van der Waals surface area contributed by atoms with E-state index in [2.05, 4.69) is 0 Å². The third kappa shape index (κ3) is 3.47. The molecule has 1 atom stereocenters. The first-order valence-corrected chi connectivity index (χ1v) is 6.64. The number of nitrogens with zero attached hydrogens (tertiary/aromatic N) is 1. The van der Waals surface area contributed by atoms with Crippen LogP contribution in [0.15, 0.2) is 18.2 Å². The summed E-state index contributed by atoms with van der Waals surface area (Å²) in [6.07, 6.45) is 0. The highest BCUT2D eigenvalue weighted by Gasteiger charge is 2.30. The summed E-state index contributed by atoms with van der Waals surface area (Å²) in [6, 6.07) is 5.61. The molecule has 1 heterocycles. The van der Waals surface area contributed by atoms with Crippen LogP contribution in [-0.2, 0) is 20.8 Å². The topological polar surface area (TPSA) is 38.8 Å². The minimum absolute atomic E-state index is 0.261. The number of carbonyl (C=O) groups excluding carboxylic acids is 1. The summed E-state index contributed by atoms with van der Waals surface area (Å²) in [7, 11) is 1.40. The Kier molecular flexibility index (Phi) is 4.80. The fourth-order valence-corrected chi connectivity index (χ4v) is 2.47. The molecule has 0 amide bonds. The Morgan fingerprint density at radius 3 is 3.05 bits per heavy atom. The van der Waals surface area contributed by atoms with Crippen molar-refractivity contribution in [3.05, 3.63) is 34.3 Å². The number of halogens is 1. The lowest BCUT2D eigenvalue weighted by Crippen LogP contribution is -2.49. The van der Waals surface area contributed by atoms with Gasteiger partial charge in [-0.2, -0.15) is 0 Å². The van der Waals surface area contributed by atoms with Crippen molar-refractivity contribution >= 4 is 17.6 Å². The largest absolute Gasteiger partial charge is 0.468 e. The van der Waals surface area contributed by atoms with Gasteiger partial charge in [0.1, 0.15) is 6.04 Å². The van der Waals surface area contributed by atoms with E-state index >= 15 is 0 Å². The van der Waals surface area contributed by atoms with Crippen molar-refractivity contribution in [1.82, 2.24) is 4.90 Å². The summed E-state index contributed by atoms with van der Waals surface area (Å²) in [5.74, 6) is -0.261. The van der Waals surface area contributed by atoms with Crippen LogP contribution in [0, 0.1) is 6.92 Å². The van der Waals surface area contributed by atoms with Gasteiger partial charge in [-0.15, -0.1) is 0 Å². The zero-order chi connectivity index (χ0) is 13.8. The predicted octanol–water partition coefficient (Wildman–Crippen LogP) is 2.02. The lowest BCUT2D eigenvalue weighted by atomic mass is 10.1. The van der Waals surface area contributed by atoms with Crippen LogP contribution >= 0.6 is 11.6 Å². The average molecular weight is 284 g/mol. The van der Waals surface area contributed by atoms with Crippen molar-refractivity contribution in [1.29, 1.82) is 0 Å². The minimum atomic E-state index is -0.351. The Morgan fingerprint density at radius 1 is 1.58 bits per heavy atom. The standard InChI is InChI=1S/C14H18ClNO3/c1-10-3-4-11(12(15)7-10)8-16-5-6-19-9-13(16)14(17)18-2/h3-4,7,13H,5-6,8-9H2,1-2H3. The van der Waals surface area contributed by atoms with Crippen LogP contribution in [0.1, 0.15) is 11.1 Å². The van der Waals surface area contributed by atoms with Crippen LogP contribution < -0.4 is 0 Å². The number of hydrogen-bond acceptors (Lipinski definition) is 4. The lowest BCUT2D eigenvalue weighted by molar-refractivity contribution is -0.153. The monoisotopic (exact) mass is 283 g/mol. The molecule has 4 nitrogen and oxygen atoms in total. The molecule has 1 unspecified atom stereocenters. The van der Waals surface area contributed by atoms with E-state index in [4.69, 9.17) is 21.1 Å². The molecule has 1 aliphatic heterocycles. The second-order valence-electron chi connectivity index (χ2n) is 4.68. The number of aryl methyl sites for hydroxylation is 1. The first kappa shape index (κ1) is 14.3. The zero-order valence-electron chi connectivity index (χ0n) is 11.2. The Hall–Kier alpha value is -1.10. The number of benzene rings is 1. The summed E-state index contributed by atoms with van der Waals surface area (Å²) in [5, 5.41) is 0.732. The first-order valence-electron chi connectivity index (χ1n) is 6.26. The molecule has 1 aromatic rings. The second kappa shape index (κ2) is 6.37. The minimum Gasteiger partial charge on any atom is -0.468 e. The van der Waals surface area contributed by atoms with Gasteiger partial charge in [-0.05, 0) is 24.1 Å². The van der Waals surface area contributed by atoms with Crippen LogP contribution in [0.5, 0.6) is 0 Å². The van der Waals surface area contributed by atoms with Crippen molar-refractivity contribution in [2.45, 2.75) is 19.5 Å². The molecule has 1 saturated heterocycles. The molecule has 19 heavy (non-hydrogen) atoms. The summed E-state index contributed by atoms with van der Waals surface area (Å²) >= 11 is 6.24. The maximum absolute atomic E-state index is 11.7. The molecule has 0 radical (unpaired) electrons. The Morgan fingerprint density at radius 2 is 2.37 bits per heavy atom. The van der Waals surface area contributed by atoms with Gasteiger partial charge < -0.3 is 9.47 Å². The van der Waals surface area contributed by atoms with Gasteiger partial charge in [0.05, 0.1) is 20.3 Å². The highest BCUT2D eigenvalue weighted by molar-refractivity contribution is 6.31. The number of esters is 1. The Bertz CT molecular complexity index is 464. The number of hydrogen-bond donors (Lipinski definition) is 0. The molecule has 2 rings (SSSR count). The summed E-state index contributed by atoms with van der Waals surface area (Å²) in [4.78, 5) is 13.8. The molecule has 1 aliphatic rings. The number of rotatable bonds is 3. The van der Waals surface area contributed by atoms with Crippen LogP contribution in [0.25, 0.3) is 0 Å². The summed E-state index contributed by atoms with van der Waals surface area (Å²) in [6.45, 7) is 4.32.